The minimum atomic E-state index is -1.07. The van der Waals surface area contributed by atoms with Crippen molar-refractivity contribution in [2.24, 2.45) is 11.3 Å². The molecule has 0 bridgehead atoms. The number of carbonyl (C=O) groups is 3. The molecule has 2 atom stereocenters. The van der Waals surface area contributed by atoms with Crippen LogP contribution in [-0.2, 0) is 25.7 Å². The summed E-state index contributed by atoms with van der Waals surface area (Å²) in [5.41, 5.74) is -0.186. The van der Waals surface area contributed by atoms with Crippen LogP contribution in [0, 0.1) is 17.2 Å². The van der Waals surface area contributed by atoms with Gasteiger partial charge in [0.05, 0.1) is 37.0 Å². The number of hydrogen-bond acceptors (Lipinski definition) is 4. The number of benzene rings is 1. The summed E-state index contributed by atoms with van der Waals surface area (Å²) in [4.78, 5) is 36.1. The summed E-state index contributed by atoms with van der Waals surface area (Å²) in [5, 5.41) is 21.6. The zero-order valence-electron chi connectivity index (χ0n) is 17.9. The Morgan fingerprint density at radius 1 is 1.23 bits per heavy atom. The number of aliphatic carboxylic acids is 2. The zero-order valence-corrected chi connectivity index (χ0v) is 17.9. The first-order valence-electron chi connectivity index (χ1n) is 10.8. The molecule has 7 nitrogen and oxygen atoms in total. The summed E-state index contributed by atoms with van der Waals surface area (Å²) >= 11 is 0. The van der Waals surface area contributed by atoms with E-state index in [0.717, 1.165) is 12.8 Å². The quantitative estimate of drug-likeness (QED) is 0.433. The van der Waals surface area contributed by atoms with Gasteiger partial charge in [0.15, 0.2) is 0 Å². The van der Waals surface area contributed by atoms with Gasteiger partial charge in [-0.15, -0.1) is 0 Å². The molecule has 31 heavy (non-hydrogen) atoms. The van der Waals surface area contributed by atoms with Gasteiger partial charge in [0.25, 0.3) is 0 Å². The van der Waals surface area contributed by atoms with Crippen LogP contribution in [-0.4, -0.2) is 40.7 Å². The Morgan fingerprint density at radius 2 is 1.94 bits per heavy atom. The highest BCUT2D eigenvalue weighted by Crippen LogP contribution is 2.44. The maximum Gasteiger partial charge on any atom is 0.306 e. The molecule has 1 amide bonds. The number of ether oxygens (including phenoxy) is 1. The van der Waals surface area contributed by atoms with Crippen LogP contribution in [0.15, 0.2) is 24.3 Å². The summed E-state index contributed by atoms with van der Waals surface area (Å²) in [5.74, 6) is -3.26. The molecule has 0 unspecified atom stereocenters. The summed E-state index contributed by atoms with van der Waals surface area (Å²) < 4.78 is 18.8. The van der Waals surface area contributed by atoms with Crippen LogP contribution in [0.3, 0.4) is 0 Å². The molecule has 0 heterocycles. The van der Waals surface area contributed by atoms with Crippen molar-refractivity contribution < 1.29 is 33.7 Å². The lowest BCUT2D eigenvalue weighted by molar-refractivity contribution is -0.144. The summed E-state index contributed by atoms with van der Waals surface area (Å²) in [6.07, 6.45) is 4.02. The number of halogens is 1. The second-order valence-electron chi connectivity index (χ2n) is 8.43. The molecule has 1 aromatic rings. The van der Waals surface area contributed by atoms with Gasteiger partial charge in [0.2, 0.25) is 5.91 Å². The number of nitrogens with one attached hydrogen (secondary N) is 1. The van der Waals surface area contributed by atoms with Crippen LogP contribution in [0.2, 0.25) is 0 Å². The lowest BCUT2D eigenvalue weighted by Gasteiger charge is -2.32. The van der Waals surface area contributed by atoms with E-state index in [1.165, 1.54) is 12.1 Å². The van der Waals surface area contributed by atoms with Crippen molar-refractivity contribution in [3.05, 3.63) is 35.6 Å². The monoisotopic (exact) mass is 437 g/mol. The molecule has 0 aromatic heterocycles. The zero-order chi connectivity index (χ0) is 22.9. The average molecular weight is 438 g/mol. The van der Waals surface area contributed by atoms with Gasteiger partial charge in [-0.25, -0.2) is 4.39 Å². The van der Waals surface area contributed by atoms with E-state index < -0.39 is 29.3 Å². The van der Waals surface area contributed by atoms with E-state index in [-0.39, 0.29) is 37.8 Å². The largest absolute Gasteiger partial charge is 0.481 e. The number of carboxylic acid groups (broad SMARTS) is 2. The minimum Gasteiger partial charge on any atom is -0.481 e. The van der Waals surface area contributed by atoms with Gasteiger partial charge in [-0.3, -0.25) is 14.4 Å². The normalized spacial score (nSPS) is 17.1. The fourth-order valence-corrected chi connectivity index (χ4v) is 4.36. The molecule has 2 rings (SSSR count). The maximum atomic E-state index is 13.3. The molecule has 8 heteroatoms. The number of carbonyl (C=O) groups excluding carboxylic acids is 1. The molecular weight excluding hydrogens is 405 g/mol. The molecule has 1 saturated carbocycles. The number of hydrogen-bond donors (Lipinski definition) is 3. The van der Waals surface area contributed by atoms with Crippen molar-refractivity contribution in [1.29, 1.82) is 0 Å². The Hall–Kier alpha value is -2.48. The van der Waals surface area contributed by atoms with Gasteiger partial charge in [-0.1, -0.05) is 38.3 Å². The van der Waals surface area contributed by atoms with Gasteiger partial charge < -0.3 is 20.3 Å². The van der Waals surface area contributed by atoms with Crippen LogP contribution in [0.5, 0.6) is 0 Å². The minimum absolute atomic E-state index is 0.0397. The Bertz CT molecular complexity index is 762. The van der Waals surface area contributed by atoms with Crippen molar-refractivity contribution in [2.45, 2.75) is 70.9 Å². The van der Waals surface area contributed by atoms with Crippen LogP contribution >= 0.6 is 0 Å². The van der Waals surface area contributed by atoms with Crippen molar-refractivity contribution >= 4 is 17.8 Å². The second-order valence-corrected chi connectivity index (χ2v) is 8.43. The first-order valence-corrected chi connectivity index (χ1v) is 10.8. The van der Waals surface area contributed by atoms with Crippen molar-refractivity contribution in [3.8, 4) is 0 Å². The molecule has 0 saturated heterocycles. The van der Waals surface area contributed by atoms with Crippen molar-refractivity contribution in [2.75, 3.05) is 6.61 Å². The van der Waals surface area contributed by atoms with Gasteiger partial charge in [-0.05, 0) is 43.4 Å². The Morgan fingerprint density at radius 3 is 2.52 bits per heavy atom. The van der Waals surface area contributed by atoms with Crippen LogP contribution in [0.1, 0.15) is 63.9 Å². The number of amides is 1. The number of rotatable bonds is 13. The average Bonchev–Trinajstić information content (AvgIpc) is 3.17. The molecule has 172 valence electrons. The van der Waals surface area contributed by atoms with E-state index in [4.69, 9.17) is 4.74 Å². The van der Waals surface area contributed by atoms with E-state index in [1.54, 1.807) is 12.1 Å². The standard InChI is InChI=1S/C23H32FNO6/c1-2-6-17(21(28)29)13-23(9-3-4-10-23)22(30)25-19(12-20(26)27)15-31-14-16-7-5-8-18(24)11-16/h5,7-8,11,17,19H,2-4,6,9-10,12-15H2,1H3,(H,25,30)(H,26,27)(H,28,29)/t17-,19+/m1/s1. The summed E-state index contributed by atoms with van der Waals surface area (Å²) in [6.45, 7) is 1.96. The molecule has 3 N–H and O–H groups in total. The predicted molar refractivity (Wildman–Crippen MR) is 112 cm³/mol. The highest BCUT2D eigenvalue weighted by Gasteiger charge is 2.44. The fraction of sp³-hybridized carbons (Fsp3) is 0.609. The third kappa shape index (κ3) is 7.61. The van der Waals surface area contributed by atoms with Gasteiger partial charge in [-0.2, -0.15) is 0 Å². The lowest BCUT2D eigenvalue weighted by atomic mass is 9.75. The van der Waals surface area contributed by atoms with Crippen LogP contribution in [0.4, 0.5) is 4.39 Å². The first kappa shape index (κ1) is 24.8. The van der Waals surface area contributed by atoms with E-state index in [1.807, 2.05) is 6.92 Å². The molecule has 1 aliphatic rings. The molecule has 0 spiro atoms. The van der Waals surface area contributed by atoms with E-state index in [9.17, 15) is 29.0 Å². The topological polar surface area (TPSA) is 113 Å². The third-order valence-electron chi connectivity index (χ3n) is 5.90. The molecule has 1 aromatic carbocycles. The summed E-state index contributed by atoms with van der Waals surface area (Å²) in [6, 6.07) is 5.15. The van der Waals surface area contributed by atoms with Crippen molar-refractivity contribution in [3.63, 3.8) is 0 Å². The van der Waals surface area contributed by atoms with Crippen LogP contribution < -0.4 is 5.32 Å². The summed E-state index contributed by atoms with van der Waals surface area (Å²) in [7, 11) is 0. The predicted octanol–water partition coefficient (Wildman–Crippen LogP) is 3.75. The van der Waals surface area contributed by atoms with E-state index >= 15 is 0 Å². The molecule has 1 fully saturated rings. The molecule has 0 radical (unpaired) electrons. The molecular formula is C23H32FNO6. The lowest BCUT2D eigenvalue weighted by Crippen LogP contribution is -2.48. The fourth-order valence-electron chi connectivity index (χ4n) is 4.36. The maximum absolute atomic E-state index is 13.3. The highest BCUT2D eigenvalue weighted by molar-refractivity contribution is 5.84. The van der Waals surface area contributed by atoms with Gasteiger partial charge in [0.1, 0.15) is 5.82 Å². The van der Waals surface area contributed by atoms with Crippen molar-refractivity contribution in [1.82, 2.24) is 5.32 Å². The van der Waals surface area contributed by atoms with Gasteiger partial charge in [0, 0.05) is 0 Å². The first-order chi connectivity index (χ1) is 14.8. The van der Waals surface area contributed by atoms with Crippen LogP contribution in [0.25, 0.3) is 0 Å². The Kier molecular flexibility index (Phi) is 9.43. The second kappa shape index (κ2) is 11.8. The Labute approximate surface area is 182 Å². The van der Waals surface area contributed by atoms with E-state index in [0.29, 0.717) is 31.2 Å². The number of carboxylic acids is 2. The smallest absolute Gasteiger partial charge is 0.306 e. The SMILES string of the molecule is CCC[C@H](CC1(C(=O)N[C@H](COCc2cccc(F)c2)CC(=O)O)CCCC1)C(=O)O. The van der Waals surface area contributed by atoms with Gasteiger partial charge >= 0.3 is 11.9 Å². The third-order valence-corrected chi connectivity index (χ3v) is 5.90. The molecule has 1 aliphatic carbocycles. The van der Waals surface area contributed by atoms with E-state index in [2.05, 4.69) is 5.32 Å². The Balaban J connectivity index is 2.04. The highest BCUT2D eigenvalue weighted by atomic mass is 19.1. The molecule has 0 aliphatic heterocycles.